The van der Waals surface area contributed by atoms with Crippen LogP contribution in [0.1, 0.15) is 47.1 Å². The fourth-order valence-electron chi connectivity index (χ4n) is 5.10. The van der Waals surface area contributed by atoms with Crippen molar-refractivity contribution < 1.29 is 14.7 Å². The van der Waals surface area contributed by atoms with Crippen LogP contribution in [0.15, 0.2) is 28.7 Å². The number of amides is 1. The predicted octanol–water partition coefficient (Wildman–Crippen LogP) is 2.65. The number of hydrogen-bond donors (Lipinski definition) is 3. The average molecular weight is 558 g/mol. The summed E-state index contributed by atoms with van der Waals surface area (Å²) in [4.78, 5) is 42.1. The summed E-state index contributed by atoms with van der Waals surface area (Å²) in [6, 6.07) is 2.77. The first-order chi connectivity index (χ1) is 18.4. The minimum Gasteiger partial charge on any atom is -0.481 e. The van der Waals surface area contributed by atoms with Gasteiger partial charge in [0.25, 0.3) is 5.91 Å². The van der Waals surface area contributed by atoms with Crippen LogP contribution in [0.2, 0.25) is 0 Å². The zero-order valence-electron chi connectivity index (χ0n) is 21.9. The van der Waals surface area contributed by atoms with Crippen LogP contribution in [0, 0.1) is 6.92 Å². The minimum atomic E-state index is -0.774. The van der Waals surface area contributed by atoms with Gasteiger partial charge in [-0.05, 0) is 39.3 Å². The van der Waals surface area contributed by atoms with Crippen LogP contribution >= 0.6 is 23.1 Å². The van der Waals surface area contributed by atoms with Gasteiger partial charge >= 0.3 is 5.97 Å². The normalized spacial score (nSPS) is 22.6. The van der Waals surface area contributed by atoms with E-state index in [0.717, 1.165) is 50.8 Å². The first kappa shape index (κ1) is 26.9. The van der Waals surface area contributed by atoms with Crippen molar-refractivity contribution >= 4 is 46.5 Å². The van der Waals surface area contributed by atoms with E-state index in [1.165, 1.54) is 34.4 Å². The summed E-state index contributed by atoms with van der Waals surface area (Å²) in [6.45, 7) is 10.00. The molecule has 2 atom stereocenters. The number of carboxylic acid groups (broad SMARTS) is 1. The van der Waals surface area contributed by atoms with Crippen molar-refractivity contribution in [2.45, 2.75) is 44.6 Å². The van der Waals surface area contributed by atoms with Crippen LogP contribution in [0.3, 0.4) is 0 Å². The Morgan fingerprint density at radius 3 is 2.63 bits per heavy atom. The molecule has 38 heavy (non-hydrogen) atoms. The first-order valence-electron chi connectivity index (χ1n) is 13.1. The summed E-state index contributed by atoms with van der Waals surface area (Å²) in [6.07, 6.45) is 5.79. The molecule has 3 aliphatic rings. The lowest BCUT2D eigenvalue weighted by molar-refractivity contribution is -0.137. The molecule has 3 aliphatic heterocycles. The maximum Gasteiger partial charge on any atom is 0.304 e. The number of aliphatic carboxylic acids is 1. The van der Waals surface area contributed by atoms with Crippen LogP contribution in [0.5, 0.6) is 0 Å². The topological polar surface area (TPSA) is 114 Å². The van der Waals surface area contributed by atoms with Gasteiger partial charge in [0.2, 0.25) is 0 Å². The fourth-order valence-corrected chi connectivity index (χ4v) is 6.96. The summed E-state index contributed by atoms with van der Waals surface area (Å²) in [5.41, 5.74) is 2.29. The molecule has 2 saturated heterocycles. The van der Waals surface area contributed by atoms with Crippen molar-refractivity contribution in [2.24, 2.45) is 0 Å². The Labute approximate surface area is 231 Å². The molecule has 0 spiro atoms. The molecule has 5 heterocycles. The van der Waals surface area contributed by atoms with E-state index in [1.54, 1.807) is 29.3 Å². The Kier molecular flexibility index (Phi) is 8.51. The van der Waals surface area contributed by atoms with E-state index >= 15 is 0 Å². The van der Waals surface area contributed by atoms with Crippen LogP contribution in [0.4, 0.5) is 5.82 Å². The zero-order chi connectivity index (χ0) is 26.6. The highest BCUT2D eigenvalue weighted by Gasteiger charge is 2.31. The number of anilines is 1. The number of carbonyl (C=O) groups excluding carboxylic acids is 1. The lowest BCUT2D eigenvalue weighted by Crippen LogP contribution is -2.47. The third kappa shape index (κ3) is 6.48. The third-order valence-corrected chi connectivity index (χ3v) is 9.29. The Morgan fingerprint density at radius 1 is 1.18 bits per heavy atom. The van der Waals surface area contributed by atoms with Gasteiger partial charge in [-0.1, -0.05) is 11.8 Å². The second-order valence-electron chi connectivity index (χ2n) is 10.1. The van der Waals surface area contributed by atoms with Crippen LogP contribution in [0.25, 0.3) is 5.70 Å². The average Bonchev–Trinajstić information content (AvgIpc) is 3.63. The molecule has 2 fully saturated rings. The third-order valence-electron chi connectivity index (χ3n) is 7.34. The zero-order valence-corrected chi connectivity index (χ0v) is 23.5. The Bertz CT molecular complexity index is 1180. The van der Waals surface area contributed by atoms with Gasteiger partial charge in [-0.15, -0.1) is 11.3 Å². The highest BCUT2D eigenvalue weighted by molar-refractivity contribution is 8.04. The number of piperazine rings is 1. The molecule has 1 amide bonds. The number of rotatable bonds is 9. The Morgan fingerprint density at radius 2 is 2.00 bits per heavy atom. The van der Waals surface area contributed by atoms with E-state index in [2.05, 4.69) is 60.6 Å². The number of aryl methyl sites for hydroxylation is 1. The summed E-state index contributed by atoms with van der Waals surface area (Å²) in [7, 11) is 0. The van der Waals surface area contributed by atoms with Gasteiger partial charge in [0.1, 0.15) is 11.5 Å². The van der Waals surface area contributed by atoms with Crippen molar-refractivity contribution in [3.8, 4) is 0 Å². The molecular formula is C26H35N7O3S2. The van der Waals surface area contributed by atoms with Gasteiger partial charge < -0.3 is 20.6 Å². The number of carboxylic acids is 1. The molecule has 0 aliphatic carbocycles. The minimum absolute atomic E-state index is 0.153. The molecule has 2 aromatic rings. The van der Waals surface area contributed by atoms with E-state index < -0.39 is 5.97 Å². The molecule has 2 unspecified atom stereocenters. The molecule has 0 saturated carbocycles. The van der Waals surface area contributed by atoms with E-state index in [4.69, 9.17) is 5.11 Å². The molecule has 204 valence electrons. The molecule has 3 N–H and O–H groups in total. The second-order valence-corrected chi connectivity index (χ2v) is 12.4. The SMILES string of the molecule is Cc1cc(C2=C(CN3CCCC3C)SC(NC(=O)c3cnc(N4CCN(CCC(=O)O)CC4)cn3)N2)cs1. The number of nitrogens with one attached hydrogen (secondary N) is 2. The second kappa shape index (κ2) is 12.0. The first-order valence-corrected chi connectivity index (χ1v) is 14.9. The monoisotopic (exact) mass is 557 g/mol. The summed E-state index contributed by atoms with van der Waals surface area (Å²) in [5, 5.41) is 17.7. The van der Waals surface area contributed by atoms with Crippen LogP contribution in [-0.4, -0.2) is 94.1 Å². The predicted molar refractivity (Wildman–Crippen MR) is 151 cm³/mol. The molecule has 5 rings (SSSR count). The standard InChI is InChI=1S/C26H35N7O3S2/c1-17-4-3-6-33(17)15-21-24(19-12-18(2)37-16-19)29-26(38-21)30-25(36)20-13-28-22(14-27-20)32-10-8-31(9-11-32)7-5-23(34)35/h12-14,16-17,26,29H,3-11,15H2,1-2H3,(H,30,36)(H,34,35). The van der Waals surface area contributed by atoms with Gasteiger partial charge in [-0.2, -0.15) is 0 Å². The largest absolute Gasteiger partial charge is 0.481 e. The summed E-state index contributed by atoms with van der Waals surface area (Å²) < 4.78 is 0. The van der Waals surface area contributed by atoms with Crippen LogP contribution in [-0.2, 0) is 4.79 Å². The van der Waals surface area contributed by atoms with Crippen molar-refractivity contribution in [1.82, 2.24) is 30.4 Å². The maximum atomic E-state index is 13.0. The summed E-state index contributed by atoms with van der Waals surface area (Å²) >= 11 is 3.40. The lowest BCUT2D eigenvalue weighted by atomic mass is 10.2. The number of nitrogens with zero attached hydrogens (tertiary/aromatic N) is 5. The van der Waals surface area contributed by atoms with Crippen molar-refractivity contribution in [1.29, 1.82) is 0 Å². The van der Waals surface area contributed by atoms with Crippen molar-refractivity contribution in [3.05, 3.63) is 44.9 Å². The molecule has 2 aromatic heterocycles. The highest BCUT2D eigenvalue weighted by atomic mass is 32.2. The van der Waals surface area contributed by atoms with Crippen molar-refractivity contribution in [3.63, 3.8) is 0 Å². The fraction of sp³-hybridized carbons (Fsp3) is 0.538. The van der Waals surface area contributed by atoms with E-state index in [9.17, 15) is 9.59 Å². The van der Waals surface area contributed by atoms with E-state index in [-0.39, 0.29) is 23.5 Å². The smallest absolute Gasteiger partial charge is 0.304 e. The van der Waals surface area contributed by atoms with Gasteiger partial charge in [-0.25, -0.2) is 9.97 Å². The van der Waals surface area contributed by atoms with Crippen molar-refractivity contribution in [2.75, 3.05) is 50.7 Å². The Balaban J connectivity index is 1.17. The molecule has 10 nitrogen and oxygen atoms in total. The molecule has 0 radical (unpaired) electrons. The number of carbonyl (C=O) groups is 2. The molecule has 0 aromatic carbocycles. The quantitative estimate of drug-likeness (QED) is 0.425. The molecule has 0 bridgehead atoms. The highest BCUT2D eigenvalue weighted by Crippen LogP contribution is 2.37. The number of likely N-dealkylation sites (tertiary alicyclic amines) is 1. The number of thioether (sulfide) groups is 1. The molecule has 12 heteroatoms. The van der Waals surface area contributed by atoms with Gasteiger partial charge in [0.05, 0.1) is 24.5 Å². The molecular weight excluding hydrogens is 522 g/mol. The van der Waals surface area contributed by atoms with E-state index in [0.29, 0.717) is 12.6 Å². The van der Waals surface area contributed by atoms with Gasteiger partial charge in [-0.3, -0.25) is 19.4 Å². The van der Waals surface area contributed by atoms with Gasteiger partial charge in [0.15, 0.2) is 5.50 Å². The lowest BCUT2D eigenvalue weighted by Gasteiger charge is -2.34. The number of aromatic nitrogens is 2. The summed E-state index contributed by atoms with van der Waals surface area (Å²) in [5.74, 6) is -0.305. The van der Waals surface area contributed by atoms with E-state index in [1.807, 2.05) is 0 Å². The Hall–Kier alpha value is -2.67. The number of thiophene rings is 1. The van der Waals surface area contributed by atoms with Gasteiger partial charge in [0, 0.05) is 66.0 Å². The maximum absolute atomic E-state index is 13.0. The van der Waals surface area contributed by atoms with Crippen LogP contribution < -0.4 is 15.5 Å². The number of hydrogen-bond acceptors (Lipinski definition) is 10.